The van der Waals surface area contributed by atoms with Gasteiger partial charge in [-0.2, -0.15) is 0 Å². The number of hydrogen-bond donors (Lipinski definition) is 3. The molecule has 1 rings (SSSR count). The summed E-state index contributed by atoms with van der Waals surface area (Å²) in [5.41, 5.74) is 5.89. The van der Waals surface area contributed by atoms with Gasteiger partial charge in [-0.15, -0.1) is 0 Å². The number of carbonyl (C=O) groups excluding carboxylic acids is 1. The second-order valence-corrected chi connectivity index (χ2v) is 5.06. The highest BCUT2D eigenvalue weighted by atomic mass is 16.3. The summed E-state index contributed by atoms with van der Waals surface area (Å²) < 4.78 is 0. The smallest absolute Gasteiger partial charge is 0.244 e. The van der Waals surface area contributed by atoms with Crippen molar-refractivity contribution in [2.75, 3.05) is 13.2 Å². The van der Waals surface area contributed by atoms with Gasteiger partial charge >= 0.3 is 0 Å². The first-order valence-electron chi connectivity index (χ1n) is 6.76. The first kappa shape index (κ1) is 15.7. The molecule has 0 aromatic heterocycles. The van der Waals surface area contributed by atoms with Gasteiger partial charge in [0.05, 0.1) is 0 Å². The van der Waals surface area contributed by atoms with Crippen molar-refractivity contribution in [1.29, 1.82) is 0 Å². The predicted octanol–water partition coefficient (Wildman–Crippen LogP) is 1.39. The molecule has 4 nitrogen and oxygen atoms in total. The lowest BCUT2D eigenvalue weighted by Crippen LogP contribution is -2.50. The number of benzene rings is 1. The number of amides is 1. The van der Waals surface area contributed by atoms with E-state index in [1.165, 1.54) is 0 Å². The van der Waals surface area contributed by atoms with Crippen LogP contribution in [0.15, 0.2) is 30.3 Å². The maximum atomic E-state index is 12.2. The van der Waals surface area contributed by atoms with Crippen LogP contribution in [-0.4, -0.2) is 24.2 Å². The van der Waals surface area contributed by atoms with E-state index < -0.39 is 5.54 Å². The van der Waals surface area contributed by atoms with Crippen molar-refractivity contribution in [2.24, 2.45) is 11.7 Å². The first-order valence-corrected chi connectivity index (χ1v) is 6.76. The zero-order chi connectivity index (χ0) is 14.3. The lowest BCUT2D eigenvalue weighted by atomic mass is 9.92. The van der Waals surface area contributed by atoms with E-state index in [0.29, 0.717) is 18.9 Å². The van der Waals surface area contributed by atoms with Gasteiger partial charge in [-0.1, -0.05) is 43.7 Å². The van der Waals surface area contributed by atoms with Crippen molar-refractivity contribution in [1.82, 2.24) is 5.32 Å². The zero-order valence-corrected chi connectivity index (χ0v) is 11.7. The third kappa shape index (κ3) is 4.33. The van der Waals surface area contributed by atoms with Gasteiger partial charge < -0.3 is 16.2 Å². The maximum absolute atomic E-state index is 12.2. The molecule has 0 saturated heterocycles. The highest BCUT2D eigenvalue weighted by Gasteiger charge is 2.30. The summed E-state index contributed by atoms with van der Waals surface area (Å²) in [6.07, 6.45) is 1.62. The molecule has 0 spiro atoms. The van der Waals surface area contributed by atoms with Crippen LogP contribution in [0.4, 0.5) is 0 Å². The molecule has 1 amide bonds. The van der Waals surface area contributed by atoms with Crippen LogP contribution in [0.5, 0.6) is 0 Å². The van der Waals surface area contributed by atoms with Crippen LogP contribution in [0.25, 0.3) is 0 Å². The van der Waals surface area contributed by atoms with E-state index in [2.05, 4.69) is 5.32 Å². The summed E-state index contributed by atoms with van der Waals surface area (Å²) in [4.78, 5) is 12.2. The highest BCUT2D eigenvalue weighted by molar-refractivity contribution is 5.86. The van der Waals surface area contributed by atoms with Gasteiger partial charge in [-0.05, 0) is 24.8 Å². The molecule has 4 heteroatoms. The molecule has 2 unspecified atom stereocenters. The topological polar surface area (TPSA) is 75.3 Å². The second-order valence-electron chi connectivity index (χ2n) is 5.06. The van der Waals surface area contributed by atoms with Gasteiger partial charge in [0.1, 0.15) is 5.54 Å². The predicted molar refractivity (Wildman–Crippen MR) is 76.5 cm³/mol. The van der Waals surface area contributed by atoms with Gasteiger partial charge in [0.25, 0.3) is 0 Å². The fourth-order valence-electron chi connectivity index (χ4n) is 1.97. The minimum absolute atomic E-state index is 0.146. The fraction of sp³-hybridized carbons (Fsp3) is 0.533. The van der Waals surface area contributed by atoms with Crippen LogP contribution in [0.2, 0.25) is 0 Å². The third-order valence-electron chi connectivity index (χ3n) is 3.51. The molecular weight excluding hydrogens is 240 g/mol. The minimum atomic E-state index is -1.03. The van der Waals surface area contributed by atoms with Gasteiger partial charge in [0.15, 0.2) is 0 Å². The summed E-state index contributed by atoms with van der Waals surface area (Å²) in [5, 5.41) is 11.8. The van der Waals surface area contributed by atoms with Crippen LogP contribution in [-0.2, 0) is 10.3 Å². The Kier molecular flexibility index (Phi) is 5.99. The van der Waals surface area contributed by atoms with E-state index in [0.717, 1.165) is 12.0 Å². The molecule has 0 aliphatic rings. The Morgan fingerprint density at radius 2 is 2.05 bits per heavy atom. The van der Waals surface area contributed by atoms with Crippen molar-refractivity contribution in [3.05, 3.63) is 35.9 Å². The van der Waals surface area contributed by atoms with E-state index >= 15 is 0 Å². The highest BCUT2D eigenvalue weighted by Crippen LogP contribution is 2.17. The number of nitrogens with two attached hydrogens (primary N) is 1. The molecule has 0 aliphatic carbocycles. The molecule has 2 atom stereocenters. The average molecular weight is 264 g/mol. The Labute approximate surface area is 115 Å². The monoisotopic (exact) mass is 264 g/mol. The first-order chi connectivity index (χ1) is 9.02. The van der Waals surface area contributed by atoms with E-state index in [9.17, 15) is 4.79 Å². The molecule has 4 N–H and O–H groups in total. The maximum Gasteiger partial charge on any atom is 0.244 e. The summed E-state index contributed by atoms with van der Waals surface area (Å²) in [6.45, 7) is 4.46. The van der Waals surface area contributed by atoms with E-state index in [1.54, 1.807) is 6.92 Å². The third-order valence-corrected chi connectivity index (χ3v) is 3.51. The standard InChI is InChI=1S/C15H24N2O2/c1-3-12(9-10-18)11-17-14(19)15(2,16)13-7-5-4-6-8-13/h4-8,12,18H,3,9-11,16H2,1-2H3,(H,17,19). The molecule has 0 aliphatic heterocycles. The number of aliphatic hydroxyl groups is 1. The molecule has 19 heavy (non-hydrogen) atoms. The zero-order valence-electron chi connectivity index (χ0n) is 11.7. The molecule has 106 valence electrons. The summed E-state index contributed by atoms with van der Waals surface area (Å²) in [5.74, 6) is 0.107. The SMILES string of the molecule is CCC(CCO)CNC(=O)C(C)(N)c1ccccc1. The molecule has 0 radical (unpaired) electrons. The van der Waals surface area contributed by atoms with Crippen LogP contribution in [0.3, 0.4) is 0 Å². The van der Waals surface area contributed by atoms with Gasteiger partial charge in [-0.25, -0.2) is 0 Å². The van der Waals surface area contributed by atoms with Crippen molar-refractivity contribution >= 4 is 5.91 Å². The Balaban J connectivity index is 2.62. The summed E-state index contributed by atoms with van der Waals surface area (Å²) in [7, 11) is 0. The van der Waals surface area contributed by atoms with Crippen LogP contribution in [0, 0.1) is 5.92 Å². The summed E-state index contributed by atoms with van der Waals surface area (Å²) in [6, 6.07) is 9.34. The number of hydrogen-bond acceptors (Lipinski definition) is 3. The fourth-order valence-corrected chi connectivity index (χ4v) is 1.97. The lowest BCUT2D eigenvalue weighted by Gasteiger charge is -2.25. The van der Waals surface area contributed by atoms with E-state index in [4.69, 9.17) is 10.8 Å². The Hall–Kier alpha value is -1.39. The molecular formula is C15H24N2O2. The molecule has 0 fully saturated rings. The van der Waals surface area contributed by atoms with E-state index in [-0.39, 0.29) is 12.5 Å². The lowest BCUT2D eigenvalue weighted by molar-refractivity contribution is -0.126. The Morgan fingerprint density at radius 1 is 1.42 bits per heavy atom. The number of rotatable bonds is 7. The quantitative estimate of drug-likeness (QED) is 0.696. The van der Waals surface area contributed by atoms with Gasteiger partial charge in [0, 0.05) is 13.2 Å². The van der Waals surface area contributed by atoms with Crippen LogP contribution < -0.4 is 11.1 Å². The van der Waals surface area contributed by atoms with Crippen LogP contribution in [0.1, 0.15) is 32.3 Å². The average Bonchev–Trinajstić information content (AvgIpc) is 2.43. The van der Waals surface area contributed by atoms with Crippen molar-refractivity contribution in [3.63, 3.8) is 0 Å². The largest absolute Gasteiger partial charge is 0.396 e. The number of aliphatic hydroxyl groups excluding tert-OH is 1. The molecule has 1 aromatic rings. The molecule has 0 bridgehead atoms. The van der Waals surface area contributed by atoms with Crippen molar-refractivity contribution in [3.8, 4) is 0 Å². The van der Waals surface area contributed by atoms with Gasteiger partial charge in [0.2, 0.25) is 5.91 Å². The van der Waals surface area contributed by atoms with Crippen molar-refractivity contribution in [2.45, 2.75) is 32.2 Å². The second kappa shape index (κ2) is 7.26. The van der Waals surface area contributed by atoms with Crippen LogP contribution >= 0.6 is 0 Å². The Bertz CT molecular complexity index is 390. The molecule has 0 heterocycles. The van der Waals surface area contributed by atoms with Crippen molar-refractivity contribution < 1.29 is 9.90 Å². The normalized spacial score (nSPS) is 15.6. The molecule has 0 saturated carbocycles. The minimum Gasteiger partial charge on any atom is -0.396 e. The summed E-state index contributed by atoms with van der Waals surface area (Å²) >= 11 is 0. The molecule has 1 aromatic carbocycles. The number of nitrogens with one attached hydrogen (secondary N) is 1. The van der Waals surface area contributed by atoms with E-state index in [1.807, 2.05) is 37.3 Å². The Morgan fingerprint density at radius 3 is 2.58 bits per heavy atom. The van der Waals surface area contributed by atoms with Gasteiger partial charge in [-0.3, -0.25) is 4.79 Å². The number of carbonyl (C=O) groups is 1.